The maximum absolute atomic E-state index is 11.4. The molecule has 1 aromatic heterocycles. The van der Waals surface area contributed by atoms with Crippen LogP contribution >= 0.6 is 0 Å². The summed E-state index contributed by atoms with van der Waals surface area (Å²) in [5.74, 6) is -0.350. The molecule has 15 heavy (non-hydrogen) atoms. The molecule has 1 aromatic rings. The van der Waals surface area contributed by atoms with E-state index in [1.54, 1.807) is 6.92 Å². The quantitative estimate of drug-likeness (QED) is 0.667. The third-order valence-electron chi connectivity index (χ3n) is 1.83. The number of amides is 1. The molecule has 1 rings (SSSR count). The lowest BCUT2D eigenvalue weighted by Crippen LogP contribution is -2.26. The molecule has 1 amide bonds. The van der Waals surface area contributed by atoms with E-state index in [0.717, 1.165) is 0 Å². The lowest BCUT2D eigenvalue weighted by Gasteiger charge is -2.06. The van der Waals surface area contributed by atoms with Gasteiger partial charge in [-0.1, -0.05) is 0 Å². The van der Waals surface area contributed by atoms with E-state index in [4.69, 9.17) is 10.2 Å². The third-order valence-corrected chi connectivity index (χ3v) is 1.83. The molecule has 0 saturated carbocycles. The number of rotatable bonds is 4. The number of hydrogen-bond acceptors (Lipinski definition) is 4. The Kier molecular flexibility index (Phi) is 4.05. The Morgan fingerprint density at radius 1 is 1.60 bits per heavy atom. The molecule has 0 aliphatic heterocycles. The Balaban J connectivity index is 2.47. The van der Waals surface area contributed by atoms with Gasteiger partial charge in [-0.15, -0.1) is 0 Å². The van der Waals surface area contributed by atoms with Gasteiger partial charge in [0.15, 0.2) is 0 Å². The molecule has 5 nitrogen and oxygen atoms in total. The molecular formula is C10H14N2O3. The minimum Gasteiger partial charge on any atom is -0.506 e. The van der Waals surface area contributed by atoms with Crippen LogP contribution in [0.1, 0.15) is 23.7 Å². The lowest BCUT2D eigenvalue weighted by molar-refractivity contribution is 0.0945. The monoisotopic (exact) mass is 210 g/mol. The summed E-state index contributed by atoms with van der Waals surface area (Å²) in [7, 11) is 0. The summed E-state index contributed by atoms with van der Waals surface area (Å²) in [4.78, 5) is 15.1. The van der Waals surface area contributed by atoms with E-state index in [2.05, 4.69) is 10.3 Å². The van der Waals surface area contributed by atoms with Gasteiger partial charge in [-0.25, -0.2) is 0 Å². The Morgan fingerprint density at radius 3 is 2.93 bits per heavy atom. The SMILES string of the molecule is CC(O)CCNC(=O)c1cncc(O)c1. The zero-order valence-corrected chi connectivity index (χ0v) is 8.47. The highest BCUT2D eigenvalue weighted by Crippen LogP contribution is 2.07. The van der Waals surface area contributed by atoms with Crippen molar-refractivity contribution in [1.29, 1.82) is 0 Å². The van der Waals surface area contributed by atoms with Crippen molar-refractivity contribution in [3.63, 3.8) is 0 Å². The molecule has 5 heteroatoms. The number of pyridine rings is 1. The normalized spacial score (nSPS) is 12.1. The van der Waals surface area contributed by atoms with Crippen molar-refractivity contribution in [3.8, 4) is 5.75 Å². The molecule has 0 aromatic carbocycles. The zero-order valence-electron chi connectivity index (χ0n) is 8.47. The Labute approximate surface area is 87.8 Å². The topological polar surface area (TPSA) is 82.5 Å². The fourth-order valence-electron chi connectivity index (χ4n) is 1.05. The van der Waals surface area contributed by atoms with Crippen molar-refractivity contribution in [2.75, 3.05) is 6.54 Å². The molecule has 1 heterocycles. The van der Waals surface area contributed by atoms with Crippen molar-refractivity contribution in [3.05, 3.63) is 24.0 Å². The van der Waals surface area contributed by atoms with Crippen molar-refractivity contribution in [1.82, 2.24) is 10.3 Å². The van der Waals surface area contributed by atoms with Gasteiger partial charge in [0.1, 0.15) is 5.75 Å². The highest BCUT2D eigenvalue weighted by Gasteiger charge is 2.06. The lowest BCUT2D eigenvalue weighted by atomic mass is 10.2. The van der Waals surface area contributed by atoms with E-state index in [0.29, 0.717) is 18.5 Å². The largest absolute Gasteiger partial charge is 0.506 e. The number of aromatic hydroxyl groups is 1. The van der Waals surface area contributed by atoms with Gasteiger partial charge in [-0.3, -0.25) is 9.78 Å². The van der Waals surface area contributed by atoms with Gasteiger partial charge in [0, 0.05) is 12.7 Å². The van der Waals surface area contributed by atoms with Crippen LogP contribution in [0.2, 0.25) is 0 Å². The van der Waals surface area contributed by atoms with Gasteiger partial charge in [0.2, 0.25) is 0 Å². The number of nitrogens with one attached hydrogen (secondary N) is 1. The highest BCUT2D eigenvalue weighted by atomic mass is 16.3. The number of carbonyl (C=O) groups is 1. The number of nitrogens with zero attached hydrogens (tertiary/aromatic N) is 1. The molecule has 0 saturated heterocycles. The summed E-state index contributed by atoms with van der Waals surface area (Å²) >= 11 is 0. The maximum Gasteiger partial charge on any atom is 0.252 e. The fourth-order valence-corrected chi connectivity index (χ4v) is 1.05. The Bertz CT molecular complexity index is 339. The van der Waals surface area contributed by atoms with Crippen LogP contribution in [-0.2, 0) is 0 Å². The van der Waals surface area contributed by atoms with Crippen LogP contribution in [0.4, 0.5) is 0 Å². The minimum atomic E-state index is -0.437. The van der Waals surface area contributed by atoms with Gasteiger partial charge < -0.3 is 15.5 Å². The van der Waals surface area contributed by atoms with E-state index in [9.17, 15) is 4.79 Å². The molecule has 0 aliphatic carbocycles. The first-order chi connectivity index (χ1) is 7.09. The second-order valence-corrected chi connectivity index (χ2v) is 3.33. The van der Waals surface area contributed by atoms with Gasteiger partial charge in [-0.05, 0) is 19.4 Å². The number of aromatic nitrogens is 1. The standard InChI is InChI=1S/C10H14N2O3/c1-7(13)2-3-12-10(15)8-4-9(14)6-11-5-8/h4-7,13-14H,2-3H2,1H3,(H,12,15). The van der Waals surface area contributed by atoms with Crippen LogP contribution in [0, 0.1) is 0 Å². The van der Waals surface area contributed by atoms with Crippen LogP contribution < -0.4 is 5.32 Å². The molecule has 1 unspecified atom stereocenters. The predicted octanol–water partition coefficient (Wildman–Crippen LogP) is 0.288. The molecule has 0 aliphatic rings. The van der Waals surface area contributed by atoms with Gasteiger partial charge in [0.25, 0.3) is 5.91 Å². The third kappa shape index (κ3) is 3.95. The first kappa shape index (κ1) is 11.5. The van der Waals surface area contributed by atoms with Crippen LogP contribution in [0.3, 0.4) is 0 Å². The molecule has 3 N–H and O–H groups in total. The molecule has 1 atom stereocenters. The van der Waals surface area contributed by atoms with Gasteiger partial charge in [0.05, 0.1) is 17.9 Å². The molecule has 0 spiro atoms. The van der Waals surface area contributed by atoms with Crippen LogP contribution in [-0.4, -0.2) is 33.8 Å². The number of aliphatic hydroxyl groups excluding tert-OH is 1. The molecule has 0 radical (unpaired) electrons. The number of hydrogen-bond donors (Lipinski definition) is 3. The summed E-state index contributed by atoms with van der Waals surface area (Å²) in [6, 6.07) is 1.34. The van der Waals surface area contributed by atoms with E-state index in [-0.39, 0.29) is 11.7 Å². The maximum atomic E-state index is 11.4. The molecule has 82 valence electrons. The summed E-state index contributed by atoms with van der Waals surface area (Å²) in [6.45, 7) is 2.05. The molecule has 0 bridgehead atoms. The second kappa shape index (κ2) is 5.31. The van der Waals surface area contributed by atoms with Crippen LogP contribution in [0.25, 0.3) is 0 Å². The van der Waals surface area contributed by atoms with E-state index in [1.165, 1.54) is 18.5 Å². The van der Waals surface area contributed by atoms with E-state index >= 15 is 0 Å². The van der Waals surface area contributed by atoms with Crippen LogP contribution in [0.5, 0.6) is 5.75 Å². The van der Waals surface area contributed by atoms with Crippen LogP contribution in [0.15, 0.2) is 18.5 Å². The molecular weight excluding hydrogens is 196 g/mol. The zero-order chi connectivity index (χ0) is 11.3. The van der Waals surface area contributed by atoms with Crippen molar-refractivity contribution in [2.45, 2.75) is 19.4 Å². The molecule has 0 fully saturated rings. The van der Waals surface area contributed by atoms with E-state index < -0.39 is 6.10 Å². The summed E-state index contributed by atoms with van der Waals surface area (Å²) < 4.78 is 0. The van der Waals surface area contributed by atoms with Gasteiger partial charge in [-0.2, -0.15) is 0 Å². The van der Waals surface area contributed by atoms with Gasteiger partial charge >= 0.3 is 0 Å². The summed E-state index contributed by atoms with van der Waals surface area (Å²) in [6.07, 6.45) is 2.69. The van der Waals surface area contributed by atoms with Crippen molar-refractivity contribution < 1.29 is 15.0 Å². The Morgan fingerprint density at radius 2 is 2.33 bits per heavy atom. The summed E-state index contributed by atoms with van der Waals surface area (Å²) in [5.41, 5.74) is 0.306. The Hall–Kier alpha value is -1.62. The first-order valence-corrected chi connectivity index (χ1v) is 4.70. The minimum absolute atomic E-state index is 0.0434. The van der Waals surface area contributed by atoms with Crippen molar-refractivity contribution in [2.24, 2.45) is 0 Å². The number of aliphatic hydroxyl groups is 1. The van der Waals surface area contributed by atoms with E-state index in [1.807, 2.05) is 0 Å². The number of carbonyl (C=O) groups excluding carboxylic acids is 1. The average molecular weight is 210 g/mol. The summed E-state index contributed by atoms with van der Waals surface area (Å²) in [5, 5.41) is 20.7. The first-order valence-electron chi connectivity index (χ1n) is 4.70. The fraction of sp³-hybridized carbons (Fsp3) is 0.400. The highest BCUT2D eigenvalue weighted by molar-refractivity contribution is 5.94. The predicted molar refractivity (Wildman–Crippen MR) is 54.5 cm³/mol. The second-order valence-electron chi connectivity index (χ2n) is 3.33. The van der Waals surface area contributed by atoms with Crippen molar-refractivity contribution >= 4 is 5.91 Å². The average Bonchev–Trinajstić information content (AvgIpc) is 2.17. The smallest absolute Gasteiger partial charge is 0.252 e.